The lowest BCUT2D eigenvalue weighted by Crippen LogP contribution is -2.24. The van der Waals surface area contributed by atoms with E-state index in [4.69, 9.17) is 0 Å². The lowest BCUT2D eigenvalue weighted by atomic mass is 9.91. The molecule has 0 spiro atoms. The quantitative estimate of drug-likeness (QED) is 0.0894. The van der Waals surface area contributed by atoms with Crippen molar-refractivity contribution < 1.29 is 87.8 Å². The van der Waals surface area contributed by atoms with Gasteiger partial charge in [0.2, 0.25) is 23.3 Å². The van der Waals surface area contributed by atoms with Gasteiger partial charge in [0.25, 0.3) is 0 Å². The topological polar surface area (TPSA) is 59.7 Å². The van der Waals surface area contributed by atoms with E-state index in [-0.39, 0.29) is 0 Å². The summed E-state index contributed by atoms with van der Waals surface area (Å²) in [5, 5.41) is -2.12. The minimum atomic E-state index is -2.76. The fourth-order valence-corrected chi connectivity index (χ4v) is 12.1. The summed E-state index contributed by atoms with van der Waals surface area (Å²) in [6, 6.07) is 0. The van der Waals surface area contributed by atoms with Crippen molar-refractivity contribution in [1.82, 2.24) is 15.0 Å². The molecule has 1 unspecified atom stereocenters. The average Bonchev–Trinajstić information content (AvgIpc) is 4.06. The Kier molecular flexibility index (Phi) is 14.9. The highest BCUT2D eigenvalue weighted by Gasteiger charge is 2.43. The van der Waals surface area contributed by atoms with Gasteiger partial charge in [0.15, 0.2) is 93.1 Å². The standard InChI is InChI=1S/C44H4Br8F20N4/c45-9-11(47)39-6(2-19(55)27(63)34(70)28(64)20(2)56)41-13(49)15(51)43(75-41)8(4-23(59)31(67)36(72)32(68)24(4)60)44-16(52)14(50)42(76-44)7(3-21(57)29(65)35(71)30(66)22(3)58)40-12(48)10(46)38(74-40)5(37(9)73-39)1-17(53)25(61)33(69)26(62)18(1)54/h5,73-75H. The number of aromatic nitrogens is 3. The maximum absolute atomic E-state index is 16.4. The van der Waals surface area contributed by atoms with Crippen molar-refractivity contribution in [1.29, 1.82) is 0 Å². The van der Waals surface area contributed by atoms with Gasteiger partial charge in [0.1, 0.15) is 0 Å². The van der Waals surface area contributed by atoms with E-state index in [1.165, 1.54) is 0 Å². The van der Waals surface area contributed by atoms with Crippen molar-refractivity contribution >= 4 is 150 Å². The van der Waals surface area contributed by atoms with E-state index >= 15 is 70.2 Å². The third-order valence-electron chi connectivity index (χ3n) is 11.5. The second-order valence-electron chi connectivity index (χ2n) is 15.4. The highest BCUT2D eigenvalue weighted by atomic mass is 79.9. The molecule has 0 saturated carbocycles. The number of rotatable bonds is 4. The van der Waals surface area contributed by atoms with Crippen LogP contribution >= 0.6 is 127 Å². The first-order valence-corrected chi connectivity index (χ1v) is 25.7. The van der Waals surface area contributed by atoms with Gasteiger partial charge in [-0.05, 0) is 127 Å². The molecule has 0 fully saturated rings. The summed E-state index contributed by atoms with van der Waals surface area (Å²) in [7, 11) is 0. The average molecular weight is 1610 g/mol. The highest BCUT2D eigenvalue weighted by Crippen LogP contribution is 2.53. The maximum Gasteiger partial charge on any atom is 0.200 e. The SMILES string of the molecule is Fc1c(F)c(F)c(C2=C3N=C(C(Br)=C3Br)C(c3c(F)c(F)c(F)c(F)c3F)=c3[nH]c(c(Br)c3Br)=C(c3c(F)c(F)c(F)c(F)c3F)c3[nH]c(c(Br)c3Br)C(c3c(F)c(F)c(F)c(F)c3F)c3[nH]c2c(Br)c3Br)c(F)c1F. The van der Waals surface area contributed by atoms with Crippen LogP contribution in [-0.4, -0.2) is 20.7 Å². The van der Waals surface area contributed by atoms with Gasteiger partial charge in [-0.15, -0.1) is 0 Å². The third kappa shape index (κ3) is 8.02. The van der Waals surface area contributed by atoms with E-state index in [1.54, 1.807) is 0 Å². The molecule has 4 aromatic carbocycles. The Morgan fingerprint density at radius 3 is 0.947 bits per heavy atom. The summed E-state index contributed by atoms with van der Waals surface area (Å²) < 4.78 is 307. The fourth-order valence-electron chi connectivity index (χ4n) is 8.12. The number of nitrogens with one attached hydrogen (secondary N) is 3. The Morgan fingerprint density at radius 2 is 0.579 bits per heavy atom. The molecule has 8 bridgehead atoms. The number of aliphatic imine (C=N–C) groups is 1. The normalized spacial score (nSPS) is 14.9. The Balaban J connectivity index is 1.67. The summed E-state index contributed by atoms with van der Waals surface area (Å²) in [6.45, 7) is 0. The van der Waals surface area contributed by atoms with Gasteiger partial charge in [-0.1, -0.05) is 0 Å². The van der Waals surface area contributed by atoms with Gasteiger partial charge in [-0.25, -0.2) is 92.8 Å². The zero-order valence-corrected chi connectivity index (χ0v) is 47.3. The van der Waals surface area contributed by atoms with Crippen LogP contribution in [0.4, 0.5) is 87.8 Å². The summed E-state index contributed by atoms with van der Waals surface area (Å²) >= 11 is 24.0. The Hall–Kier alpha value is -3.95. The molecule has 3 N–H and O–H groups in total. The van der Waals surface area contributed by atoms with Crippen molar-refractivity contribution in [3.63, 3.8) is 0 Å². The van der Waals surface area contributed by atoms with Gasteiger partial charge in [0, 0.05) is 33.7 Å². The number of hydrogen-bond donors (Lipinski definition) is 3. The van der Waals surface area contributed by atoms with Crippen LogP contribution in [0.25, 0.3) is 16.7 Å². The molecule has 0 amide bonds. The Bertz CT molecular complexity index is 4010. The molecule has 32 heteroatoms. The van der Waals surface area contributed by atoms with Crippen molar-refractivity contribution in [3.8, 4) is 0 Å². The van der Waals surface area contributed by atoms with Gasteiger partial charge in [-0.2, -0.15) is 0 Å². The monoisotopic (exact) mass is 1600 g/mol. The number of fused-ring (bicyclic) bond motifs is 7. The molecule has 2 aliphatic heterocycles. The molecule has 0 aliphatic carbocycles. The van der Waals surface area contributed by atoms with E-state index in [2.05, 4.69) is 147 Å². The molecule has 396 valence electrons. The third-order valence-corrected chi connectivity index (χ3v) is 20.0. The molecular formula is C44H4Br8F20N4. The van der Waals surface area contributed by atoms with E-state index in [0.29, 0.717) is 0 Å². The van der Waals surface area contributed by atoms with E-state index in [9.17, 15) is 17.6 Å². The molecule has 0 radical (unpaired) electrons. The molecule has 9 rings (SSSR count). The van der Waals surface area contributed by atoms with Crippen molar-refractivity contribution in [2.75, 3.05) is 0 Å². The molecular weight excluding hydrogens is 1600 g/mol. The van der Waals surface area contributed by atoms with Crippen molar-refractivity contribution in [2.24, 2.45) is 4.99 Å². The number of nitrogens with zero attached hydrogens (tertiary/aromatic N) is 1. The van der Waals surface area contributed by atoms with E-state index in [0.717, 1.165) is 0 Å². The maximum atomic E-state index is 16.4. The summed E-state index contributed by atoms with van der Waals surface area (Å²) in [5.41, 5.74) is -18.2. The second kappa shape index (κ2) is 20.0. The summed E-state index contributed by atoms with van der Waals surface area (Å²) in [5.74, 6) is -56.4. The molecule has 0 saturated heterocycles. The first kappa shape index (κ1) is 56.8. The summed E-state index contributed by atoms with van der Waals surface area (Å²) in [6.07, 6.45) is 0. The number of benzene rings is 4. The van der Waals surface area contributed by atoms with Crippen LogP contribution in [-0.2, 0) is 0 Å². The molecule has 2 aliphatic rings. The van der Waals surface area contributed by atoms with E-state index < -0.39 is 242 Å². The van der Waals surface area contributed by atoms with E-state index in [1.807, 2.05) is 0 Å². The van der Waals surface area contributed by atoms with Gasteiger partial charge in [-0.3, -0.25) is 0 Å². The van der Waals surface area contributed by atoms with Crippen LogP contribution in [0.15, 0.2) is 46.5 Å². The number of halogens is 28. The summed E-state index contributed by atoms with van der Waals surface area (Å²) in [4.78, 5) is 11.2. The van der Waals surface area contributed by atoms with Crippen molar-refractivity contribution in [2.45, 2.75) is 5.92 Å². The number of allylic oxidation sites excluding steroid dienone is 2. The Labute approximate surface area is 473 Å². The molecule has 7 aromatic rings. The first-order chi connectivity index (χ1) is 35.4. The Morgan fingerprint density at radius 1 is 0.289 bits per heavy atom. The molecule has 4 nitrogen and oxygen atoms in total. The van der Waals surface area contributed by atoms with Crippen LogP contribution < -0.4 is 10.7 Å². The first-order valence-electron chi connectivity index (χ1n) is 19.4. The minimum Gasteiger partial charge on any atom is -0.356 e. The van der Waals surface area contributed by atoms with Crippen LogP contribution in [0, 0.1) is 116 Å². The molecule has 5 heterocycles. The van der Waals surface area contributed by atoms with Gasteiger partial charge in [0.05, 0.1) is 91.9 Å². The van der Waals surface area contributed by atoms with Crippen LogP contribution in [0.5, 0.6) is 0 Å². The fraction of sp³-hybridized carbons (Fsp3) is 0.0227. The predicted molar refractivity (Wildman–Crippen MR) is 256 cm³/mol. The van der Waals surface area contributed by atoms with Crippen LogP contribution in [0.3, 0.4) is 0 Å². The lowest BCUT2D eigenvalue weighted by molar-refractivity contribution is 0.368. The molecule has 76 heavy (non-hydrogen) atoms. The van der Waals surface area contributed by atoms with Gasteiger partial charge >= 0.3 is 0 Å². The smallest absolute Gasteiger partial charge is 0.200 e. The van der Waals surface area contributed by atoms with Crippen LogP contribution in [0.2, 0.25) is 0 Å². The van der Waals surface area contributed by atoms with Gasteiger partial charge < -0.3 is 15.0 Å². The molecule has 3 aromatic heterocycles. The van der Waals surface area contributed by atoms with Crippen LogP contribution in [0.1, 0.15) is 50.9 Å². The zero-order chi connectivity index (χ0) is 56.2. The second-order valence-corrected chi connectivity index (χ2v) is 21.7. The highest BCUT2D eigenvalue weighted by molar-refractivity contribution is 9.14. The number of hydrogen-bond acceptors (Lipinski definition) is 1. The number of H-pyrrole nitrogens is 3. The largest absolute Gasteiger partial charge is 0.356 e. The lowest BCUT2D eigenvalue weighted by Gasteiger charge is -2.20. The molecule has 1 atom stereocenters. The zero-order valence-electron chi connectivity index (χ0n) is 34.6. The minimum absolute atomic E-state index is 0.713. The predicted octanol–water partition coefficient (Wildman–Crippen LogP) is 16.9. The number of aromatic amines is 3. The van der Waals surface area contributed by atoms with Crippen molar-refractivity contribution in [3.05, 3.63) is 214 Å².